The topological polar surface area (TPSA) is 90.0 Å². The molecule has 0 saturated heterocycles. The summed E-state index contributed by atoms with van der Waals surface area (Å²) in [6.07, 6.45) is 2.65. The number of halogens is 2. The van der Waals surface area contributed by atoms with Crippen molar-refractivity contribution in [1.82, 2.24) is 9.78 Å². The Labute approximate surface area is 126 Å². The highest BCUT2D eigenvalue weighted by molar-refractivity contribution is 7.92. The highest BCUT2D eigenvalue weighted by Gasteiger charge is 2.18. The first kappa shape index (κ1) is 15.1. The van der Waals surface area contributed by atoms with Crippen LogP contribution in [0, 0.1) is 0 Å². The number of hydrogen-bond acceptors (Lipinski definition) is 4. The molecule has 0 amide bonds. The highest BCUT2D eigenvalue weighted by atomic mass is 35.5. The van der Waals surface area contributed by atoms with Crippen molar-refractivity contribution >= 4 is 38.9 Å². The molecule has 0 spiro atoms. The van der Waals surface area contributed by atoms with Crippen molar-refractivity contribution in [3.8, 4) is 0 Å². The molecule has 1 aromatic heterocycles. The number of sulfonamides is 1. The van der Waals surface area contributed by atoms with E-state index in [0.717, 1.165) is 0 Å². The molecule has 108 valence electrons. The van der Waals surface area contributed by atoms with Crippen LogP contribution in [0.25, 0.3) is 0 Å². The third-order valence-corrected chi connectivity index (χ3v) is 4.32. The van der Waals surface area contributed by atoms with Crippen molar-refractivity contribution in [3.05, 3.63) is 40.6 Å². The Hall–Kier alpha value is -1.28. The van der Waals surface area contributed by atoms with E-state index < -0.39 is 10.0 Å². The minimum absolute atomic E-state index is 0.0389. The van der Waals surface area contributed by atoms with E-state index in [4.69, 9.17) is 28.9 Å². The summed E-state index contributed by atoms with van der Waals surface area (Å²) in [6, 6.07) is 4.49. The molecule has 3 N–H and O–H groups in total. The average Bonchev–Trinajstić information content (AvgIpc) is 2.83. The van der Waals surface area contributed by atoms with Crippen LogP contribution in [0.15, 0.2) is 35.5 Å². The summed E-state index contributed by atoms with van der Waals surface area (Å²) >= 11 is 11.7. The van der Waals surface area contributed by atoms with Crippen molar-refractivity contribution < 1.29 is 8.42 Å². The van der Waals surface area contributed by atoms with Crippen LogP contribution < -0.4 is 10.5 Å². The van der Waals surface area contributed by atoms with E-state index in [1.54, 1.807) is 6.07 Å². The summed E-state index contributed by atoms with van der Waals surface area (Å²) in [5, 5.41) is 4.56. The average molecular weight is 335 g/mol. The SMILES string of the molecule is NCCn1cc(S(=O)(=O)Nc2ccc(Cl)cc2Cl)cn1. The molecule has 0 atom stereocenters. The van der Waals surface area contributed by atoms with Gasteiger partial charge in [-0.15, -0.1) is 0 Å². The Morgan fingerprint density at radius 2 is 2.10 bits per heavy atom. The molecule has 0 aliphatic rings. The van der Waals surface area contributed by atoms with E-state index in [1.807, 2.05) is 0 Å². The number of benzene rings is 1. The van der Waals surface area contributed by atoms with E-state index in [0.29, 0.717) is 18.1 Å². The molecular formula is C11H12Cl2N4O2S. The molecule has 9 heteroatoms. The summed E-state index contributed by atoms with van der Waals surface area (Å²) in [5.41, 5.74) is 5.63. The fraction of sp³-hybridized carbons (Fsp3) is 0.182. The third-order valence-electron chi connectivity index (χ3n) is 2.45. The maximum Gasteiger partial charge on any atom is 0.265 e. The maximum absolute atomic E-state index is 12.2. The van der Waals surface area contributed by atoms with Crippen LogP contribution in [0.5, 0.6) is 0 Å². The summed E-state index contributed by atoms with van der Waals surface area (Å²) in [7, 11) is -3.75. The van der Waals surface area contributed by atoms with Gasteiger partial charge in [0.2, 0.25) is 0 Å². The smallest absolute Gasteiger partial charge is 0.265 e. The number of nitrogens with two attached hydrogens (primary N) is 1. The Kier molecular flexibility index (Phi) is 4.54. The predicted octanol–water partition coefficient (Wildman–Crippen LogP) is 1.95. The van der Waals surface area contributed by atoms with E-state index >= 15 is 0 Å². The quantitative estimate of drug-likeness (QED) is 0.874. The molecule has 2 aromatic rings. The third kappa shape index (κ3) is 3.43. The summed E-state index contributed by atoms with van der Waals surface area (Å²) < 4.78 is 28.2. The lowest BCUT2D eigenvalue weighted by Crippen LogP contribution is -2.13. The van der Waals surface area contributed by atoms with Crippen molar-refractivity contribution in [3.63, 3.8) is 0 Å². The van der Waals surface area contributed by atoms with Crippen LogP contribution in [0.4, 0.5) is 5.69 Å². The second kappa shape index (κ2) is 6.01. The van der Waals surface area contributed by atoms with Gasteiger partial charge in [0.05, 0.1) is 23.5 Å². The fourth-order valence-electron chi connectivity index (χ4n) is 1.51. The molecule has 0 bridgehead atoms. The largest absolute Gasteiger partial charge is 0.329 e. The van der Waals surface area contributed by atoms with E-state index in [1.165, 1.54) is 29.2 Å². The molecule has 1 heterocycles. The van der Waals surface area contributed by atoms with Gasteiger partial charge in [-0.2, -0.15) is 5.10 Å². The Morgan fingerprint density at radius 3 is 2.75 bits per heavy atom. The minimum Gasteiger partial charge on any atom is -0.329 e. The number of hydrogen-bond donors (Lipinski definition) is 2. The number of anilines is 1. The zero-order valence-corrected chi connectivity index (χ0v) is 12.6. The number of nitrogens with zero attached hydrogens (tertiary/aromatic N) is 2. The number of aromatic nitrogens is 2. The minimum atomic E-state index is -3.75. The molecule has 0 saturated carbocycles. The van der Waals surface area contributed by atoms with Crippen molar-refractivity contribution in [2.45, 2.75) is 11.4 Å². The first-order valence-electron chi connectivity index (χ1n) is 5.63. The Bertz CT molecular complexity index is 715. The molecule has 1 aromatic carbocycles. The van der Waals surface area contributed by atoms with Gasteiger partial charge >= 0.3 is 0 Å². The number of nitrogens with one attached hydrogen (secondary N) is 1. The van der Waals surface area contributed by atoms with Gasteiger partial charge in [-0.1, -0.05) is 23.2 Å². The van der Waals surface area contributed by atoms with Gasteiger partial charge < -0.3 is 5.73 Å². The lowest BCUT2D eigenvalue weighted by molar-refractivity contribution is 0.599. The van der Waals surface area contributed by atoms with Gasteiger partial charge in [0.15, 0.2) is 0 Å². The first-order valence-corrected chi connectivity index (χ1v) is 7.86. The summed E-state index contributed by atoms with van der Waals surface area (Å²) in [4.78, 5) is 0.0389. The van der Waals surface area contributed by atoms with Crippen LogP contribution >= 0.6 is 23.2 Å². The van der Waals surface area contributed by atoms with Gasteiger partial charge in [0.1, 0.15) is 4.90 Å². The lowest BCUT2D eigenvalue weighted by Gasteiger charge is -2.08. The molecule has 0 unspecified atom stereocenters. The van der Waals surface area contributed by atoms with Crippen molar-refractivity contribution in [2.24, 2.45) is 5.73 Å². The first-order chi connectivity index (χ1) is 9.42. The van der Waals surface area contributed by atoms with Gasteiger partial charge in [0, 0.05) is 17.8 Å². The van der Waals surface area contributed by atoms with Crippen molar-refractivity contribution in [2.75, 3.05) is 11.3 Å². The Morgan fingerprint density at radius 1 is 1.35 bits per heavy atom. The zero-order chi connectivity index (χ0) is 14.8. The Balaban J connectivity index is 2.26. The second-order valence-corrected chi connectivity index (χ2v) is 6.48. The highest BCUT2D eigenvalue weighted by Crippen LogP contribution is 2.27. The summed E-state index contributed by atoms with van der Waals surface area (Å²) in [5.74, 6) is 0. The normalized spacial score (nSPS) is 11.6. The second-order valence-electron chi connectivity index (χ2n) is 3.96. The zero-order valence-electron chi connectivity index (χ0n) is 10.3. The van der Waals surface area contributed by atoms with E-state index in [2.05, 4.69) is 9.82 Å². The number of rotatable bonds is 5. The monoisotopic (exact) mass is 334 g/mol. The summed E-state index contributed by atoms with van der Waals surface area (Å²) in [6.45, 7) is 0.814. The van der Waals surface area contributed by atoms with Crippen LogP contribution in [0.1, 0.15) is 0 Å². The van der Waals surface area contributed by atoms with Gasteiger partial charge in [0.25, 0.3) is 10.0 Å². The molecule has 0 aliphatic carbocycles. The fourth-order valence-corrected chi connectivity index (χ4v) is 3.06. The molecule has 6 nitrogen and oxygen atoms in total. The van der Waals surface area contributed by atoms with Gasteiger partial charge in [-0.25, -0.2) is 8.42 Å². The molecule has 0 fully saturated rings. The van der Waals surface area contributed by atoms with E-state index in [-0.39, 0.29) is 15.6 Å². The standard InChI is InChI=1S/C11H12Cl2N4O2S/c12-8-1-2-11(10(13)5-8)16-20(18,19)9-6-15-17(7-9)4-3-14/h1-2,5-7,16H,3-4,14H2. The molecular weight excluding hydrogens is 323 g/mol. The maximum atomic E-state index is 12.2. The van der Waals surface area contributed by atoms with Crippen LogP contribution in [0.2, 0.25) is 10.0 Å². The molecule has 20 heavy (non-hydrogen) atoms. The van der Waals surface area contributed by atoms with E-state index in [9.17, 15) is 8.42 Å². The van der Waals surface area contributed by atoms with Crippen LogP contribution in [-0.2, 0) is 16.6 Å². The van der Waals surface area contributed by atoms with Gasteiger partial charge in [-0.05, 0) is 18.2 Å². The lowest BCUT2D eigenvalue weighted by atomic mass is 10.3. The molecule has 2 rings (SSSR count). The molecule has 0 aliphatic heterocycles. The predicted molar refractivity (Wildman–Crippen MR) is 78.6 cm³/mol. The van der Waals surface area contributed by atoms with Crippen LogP contribution in [-0.4, -0.2) is 24.7 Å². The van der Waals surface area contributed by atoms with Crippen molar-refractivity contribution in [1.29, 1.82) is 0 Å². The van der Waals surface area contributed by atoms with Gasteiger partial charge in [-0.3, -0.25) is 9.40 Å². The van der Waals surface area contributed by atoms with Crippen LogP contribution in [0.3, 0.4) is 0 Å². The molecule has 0 radical (unpaired) electrons.